The van der Waals surface area contributed by atoms with E-state index in [1.54, 1.807) is 24.4 Å². The predicted octanol–water partition coefficient (Wildman–Crippen LogP) is 6.10. The van der Waals surface area contributed by atoms with Crippen molar-refractivity contribution < 1.29 is 37.3 Å². The molecule has 3 aromatic heterocycles. The standard InChI is InChI=1S/C44H47F2N9O6/c1-6-29-31(45)10-8-25-18-28(60-24-57-5)19-30(34(25)29)37-36(46)38-35-39(50-41(49-38)59-23-44-13-7-16-54(44)26(12-14-44)20-52-17-15-47-51-52)53-21-27-9-11-32(33(53)22-58-40(35)48-37)55(27)42(56)61-43(2,3)4/h1,8,10,15,17-19,26-27,32-33H,7,9,11-14,16,20-24H2,2-5H3/t26-,27+,32-,33+,44-/m0/s1. The van der Waals surface area contributed by atoms with Gasteiger partial charge < -0.3 is 28.6 Å². The third kappa shape index (κ3) is 6.71. The third-order valence-corrected chi connectivity index (χ3v) is 12.9. The number of hydrogen-bond acceptors (Lipinski definition) is 13. The quantitative estimate of drug-likeness (QED) is 0.125. The summed E-state index contributed by atoms with van der Waals surface area (Å²) in [6.45, 7) is 7.89. The number of pyridine rings is 1. The summed E-state index contributed by atoms with van der Waals surface area (Å²) in [6, 6.07) is 5.47. The molecule has 0 radical (unpaired) electrons. The van der Waals surface area contributed by atoms with Crippen molar-refractivity contribution in [3.8, 4) is 41.2 Å². The summed E-state index contributed by atoms with van der Waals surface area (Å²) in [6.07, 6.45) is 14.4. The van der Waals surface area contributed by atoms with E-state index in [2.05, 4.69) is 26.0 Å². The van der Waals surface area contributed by atoms with Crippen LogP contribution in [0, 0.1) is 24.0 Å². The molecule has 0 N–H and O–H groups in total. The van der Waals surface area contributed by atoms with Crippen LogP contribution in [0.15, 0.2) is 36.7 Å². The molecule has 5 aromatic rings. The van der Waals surface area contributed by atoms with Crippen LogP contribution in [0.1, 0.15) is 64.9 Å². The maximum Gasteiger partial charge on any atom is 0.410 e. The van der Waals surface area contributed by atoms with Crippen molar-refractivity contribution in [2.45, 2.75) is 101 Å². The van der Waals surface area contributed by atoms with Gasteiger partial charge in [-0.3, -0.25) is 14.5 Å². The fourth-order valence-corrected chi connectivity index (χ4v) is 10.4. The number of piperazine rings is 1. The van der Waals surface area contributed by atoms with Crippen LogP contribution in [0.4, 0.5) is 19.4 Å². The molecule has 61 heavy (non-hydrogen) atoms. The summed E-state index contributed by atoms with van der Waals surface area (Å²) in [5.74, 6) is 1.84. The van der Waals surface area contributed by atoms with E-state index >= 15 is 8.78 Å². The van der Waals surface area contributed by atoms with Crippen LogP contribution in [-0.2, 0) is 16.0 Å². The van der Waals surface area contributed by atoms with Gasteiger partial charge in [0.05, 0.1) is 42.0 Å². The number of aromatic nitrogens is 6. The average molecular weight is 836 g/mol. The van der Waals surface area contributed by atoms with E-state index in [4.69, 9.17) is 45.1 Å². The molecular weight excluding hydrogens is 789 g/mol. The summed E-state index contributed by atoms with van der Waals surface area (Å²) in [7, 11) is 1.49. The smallest absolute Gasteiger partial charge is 0.410 e. The van der Waals surface area contributed by atoms with Gasteiger partial charge in [-0.15, -0.1) is 11.5 Å². The number of benzene rings is 2. The Morgan fingerprint density at radius 3 is 2.72 bits per heavy atom. The molecule has 10 rings (SSSR count). The molecular formula is C44H47F2N9O6. The summed E-state index contributed by atoms with van der Waals surface area (Å²) >= 11 is 0. The van der Waals surface area contributed by atoms with Crippen LogP contribution < -0.4 is 19.1 Å². The topological polar surface area (TPSA) is 142 Å². The second kappa shape index (κ2) is 14.9. The van der Waals surface area contributed by atoms with Crippen LogP contribution in [0.3, 0.4) is 0 Å². The molecule has 0 saturated carbocycles. The number of amides is 1. The van der Waals surface area contributed by atoms with Gasteiger partial charge in [0.15, 0.2) is 12.6 Å². The molecule has 4 fully saturated rings. The number of anilines is 1. The molecule has 17 heteroatoms. The van der Waals surface area contributed by atoms with Gasteiger partial charge in [-0.25, -0.2) is 18.6 Å². The number of carbonyl (C=O) groups excluding carboxylic acids is 1. The predicted molar refractivity (Wildman–Crippen MR) is 219 cm³/mol. The largest absolute Gasteiger partial charge is 0.475 e. The molecule has 4 saturated heterocycles. The third-order valence-electron chi connectivity index (χ3n) is 12.9. The normalized spacial score (nSPS) is 24.3. The number of ether oxygens (including phenoxy) is 5. The minimum Gasteiger partial charge on any atom is -0.475 e. The Bertz CT molecular complexity index is 2580. The molecule has 5 atom stereocenters. The van der Waals surface area contributed by atoms with Crippen molar-refractivity contribution in [2.24, 2.45) is 0 Å². The first-order chi connectivity index (χ1) is 29.4. The molecule has 5 aliphatic rings. The maximum atomic E-state index is 17.8. The fourth-order valence-electron chi connectivity index (χ4n) is 10.4. The molecule has 2 bridgehead atoms. The van der Waals surface area contributed by atoms with Crippen molar-refractivity contribution >= 4 is 33.6 Å². The number of nitrogens with zero attached hydrogens (tertiary/aromatic N) is 9. The second-order valence-electron chi connectivity index (χ2n) is 17.7. The van der Waals surface area contributed by atoms with Crippen molar-refractivity contribution in [2.75, 3.05) is 45.1 Å². The van der Waals surface area contributed by atoms with E-state index in [-0.39, 0.29) is 94.2 Å². The van der Waals surface area contributed by atoms with Crippen LogP contribution in [0.25, 0.3) is 32.9 Å². The Morgan fingerprint density at radius 1 is 1.07 bits per heavy atom. The van der Waals surface area contributed by atoms with Crippen LogP contribution in [-0.4, -0.2) is 121 Å². The van der Waals surface area contributed by atoms with Crippen LogP contribution in [0.5, 0.6) is 17.6 Å². The zero-order valence-electron chi connectivity index (χ0n) is 34.6. The number of terminal acetylenes is 1. The summed E-state index contributed by atoms with van der Waals surface area (Å²) < 4.78 is 65.1. The number of hydrogen-bond donors (Lipinski definition) is 0. The minimum atomic E-state index is -0.795. The lowest BCUT2D eigenvalue weighted by Gasteiger charge is -2.46. The number of halogens is 2. The van der Waals surface area contributed by atoms with Crippen molar-refractivity contribution in [3.05, 3.63) is 53.9 Å². The van der Waals surface area contributed by atoms with E-state index in [0.29, 0.717) is 36.5 Å². The molecule has 5 aliphatic heterocycles. The summed E-state index contributed by atoms with van der Waals surface area (Å²) in [4.78, 5) is 34.8. The second-order valence-corrected chi connectivity index (χ2v) is 17.7. The van der Waals surface area contributed by atoms with Crippen molar-refractivity contribution in [1.29, 1.82) is 0 Å². The number of rotatable bonds is 9. The Kier molecular flexibility index (Phi) is 9.63. The Balaban J connectivity index is 1.10. The highest BCUT2D eigenvalue weighted by atomic mass is 19.1. The van der Waals surface area contributed by atoms with Gasteiger partial charge in [-0.05, 0) is 89.4 Å². The Morgan fingerprint density at radius 2 is 1.93 bits per heavy atom. The van der Waals surface area contributed by atoms with Crippen molar-refractivity contribution in [1.82, 2.24) is 39.7 Å². The molecule has 2 aromatic carbocycles. The number of fused-ring (bicyclic) bond motifs is 7. The number of methoxy groups -OCH3 is 1. The Labute approximate surface area is 351 Å². The lowest BCUT2D eigenvalue weighted by molar-refractivity contribution is 0.00537. The van der Waals surface area contributed by atoms with Gasteiger partial charge >= 0.3 is 12.1 Å². The van der Waals surface area contributed by atoms with Gasteiger partial charge in [0, 0.05) is 36.8 Å². The first kappa shape index (κ1) is 39.3. The van der Waals surface area contributed by atoms with E-state index < -0.39 is 17.2 Å². The SMILES string of the molecule is C#Cc1c(F)ccc2cc(OCOC)cc(-c3nc4c5c(nc(OC[C@@]67CCCN6[C@H](Cn6ccnn6)CC7)nc5c3F)N3C[C@H]5CC[C@@H]([C@H]3CO4)N5C(=O)OC(C)(C)C)c12. The lowest BCUT2D eigenvalue weighted by Crippen LogP contribution is -2.63. The highest BCUT2D eigenvalue weighted by Crippen LogP contribution is 2.48. The van der Waals surface area contributed by atoms with Gasteiger partial charge in [-0.1, -0.05) is 17.2 Å². The van der Waals surface area contributed by atoms with Crippen LogP contribution >= 0.6 is 0 Å². The molecule has 0 spiro atoms. The van der Waals surface area contributed by atoms with E-state index in [0.717, 1.165) is 45.2 Å². The molecule has 1 amide bonds. The summed E-state index contributed by atoms with van der Waals surface area (Å²) in [5, 5.41) is 9.25. The fraction of sp³-hybridized carbons (Fsp3) is 0.500. The van der Waals surface area contributed by atoms with E-state index in [9.17, 15) is 4.79 Å². The Hall–Kier alpha value is -5.86. The monoisotopic (exact) mass is 835 g/mol. The highest BCUT2D eigenvalue weighted by Gasteiger charge is 2.53. The van der Waals surface area contributed by atoms with Crippen LogP contribution in [0.2, 0.25) is 0 Å². The first-order valence-electron chi connectivity index (χ1n) is 20.9. The average Bonchev–Trinajstić information content (AvgIpc) is 4.02. The van der Waals surface area contributed by atoms with E-state index in [1.807, 2.05) is 36.5 Å². The lowest BCUT2D eigenvalue weighted by atomic mass is 9.95. The molecule has 15 nitrogen and oxygen atoms in total. The van der Waals surface area contributed by atoms with Gasteiger partial charge in [0.1, 0.15) is 52.8 Å². The minimum absolute atomic E-state index is 0.00501. The maximum absolute atomic E-state index is 17.8. The van der Waals surface area contributed by atoms with Crippen molar-refractivity contribution in [3.63, 3.8) is 0 Å². The molecule has 318 valence electrons. The van der Waals surface area contributed by atoms with Gasteiger partial charge in [0.2, 0.25) is 5.88 Å². The molecule has 0 unspecified atom stereocenters. The van der Waals surface area contributed by atoms with Gasteiger partial charge in [-0.2, -0.15) is 9.97 Å². The zero-order valence-corrected chi connectivity index (χ0v) is 34.6. The van der Waals surface area contributed by atoms with E-state index in [1.165, 1.54) is 13.2 Å². The first-order valence-corrected chi connectivity index (χ1v) is 20.9. The molecule has 0 aliphatic carbocycles. The molecule has 8 heterocycles. The zero-order chi connectivity index (χ0) is 42.2. The highest BCUT2D eigenvalue weighted by molar-refractivity contribution is 6.04. The summed E-state index contributed by atoms with van der Waals surface area (Å²) in [5.41, 5.74) is -1.06. The van der Waals surface area contributed by atoms with Gasteiger partial charge in [0.25, 0.3) is 0 Å². The number of carbonyl (C=O) groups is 1.